The van der Waals surface area contributed by atoms with Gasteiger partial charge in [0.05, 0.1) is 0 Å². The Morgan fingerprint density at radius 2 is 2.09 bits per heavy atom. The van der Waals surface area contributed by atoms with Crippen LogP contribution < -0.4 is 11.1 Å². The van der Waals surface area contributed by atoms with Crippen LogP contribution in [0.25, 0.3) is 0 Å². The molecule has 1 aliphatic carbocycles. The lowest BCUT2D eigenvalue weighted by Gasteiger charge is -2.10. The first-order valence-electron chi connectivity index (χ1n) is 4.32. The van der Waals surface area contributed by atoms with Gasteiger partial charge < -0.3 is 11.1 Å². The molecule has 0 aliphatic heterocycles. The third-order valence-electron chi connectivity index (χ3n) is 2.09. The Morgan fingerprint density at radius 3 is 2.64 bits per heavy atom. The highest BCUT2D eigenvalue weighted by atomic mass is 16.1. The zero-order valence-electron chi connectivity index (χ0n) is 6.81. The summed E-state index contributed by atoms with van der Waals surface area (Å²) in [6.45, 7) is 0.457. The van der Waals surface area contributed by atoms with Crippen LogP contribution in [0.4, 0.5) is 0 Å². The van der Waals surface area contributed by atoms with E-state index >= 15 is 0 Å². The van der Waals surface area contributed by atoms with Gasteiger partial charge in [0.2, 0.25) is 5.91 Å². The summed E-state index contributed by atoms with van der Waals surface area (Å²) < 4.78 is 0. The summed E-state index contributed by atoms with van der Waals surface area (Å²) in [5.74, 6) is 0.111. The predicted octanol–water partition coefficient (Wildman–Crippen LogP) is 0.394. The zero-order chi connectivity index (χ0) is 8.10. The highest BCUT2D eigenvalue weighted by Crippen LogP contribution is 2.17. The number of carbonyl (C=O) groups excluding carboxylic acids is 1. The Morgan fingerprint density at radius 1 is 1.45 bits per heavy atom. The molecule has 3 nitrogen and oxygen atoms in total. The lowest BCUT2D eigenvalue weighted by Crippen LogP contribution is -2.33. The molecule has 0 atom stereocenters. The fourth-order valence-electron chi connectivity index (χ4n) is 1.50. The highest BCUT2D eigenvalue weighted by molar-refractivity contribution is 5.76. The van der Waals surface area contributed by atoms with Crippen molar-refractivity contribution in [2.45, 2.75) is 38.1 Å². The van der Waals surface area contributed by atoms with Crippen LogP contribution >= 0.6 is 0 Å². The van der Waals surface area contributed by atoms with Crippen LogP contribution in [-0.2, 0) is 4.79 Å². The number of rotatable bonds is 3. The molecule has 1 fully saturated rings. The van der Waals surface area contributed by atoms with Crippen LogP contribution in [0.1, 0.15) is 32.1 Å². The van der Waals surface area contributed by atoms with Crippen molar-refractivity contribution in [2.24, 2.45) is 5.73 Å². The smallest absolute Gasteiger partial charge is 0.221 e. The number of hydrogen-bond acceptors (Lipinski definition) is 2. The SMILES string of the molecule is NCCC(=O)NC1CCCC1. The van der Waals surface area contributed by atoms with Gasteiger partial charge in [-0.2, -0.15) is 0 Å². The Bertz CT molecular complexity index is 130. The second-order valence-electron chi connectivity index (χ2n) is 3.09. The van der Waals surface area contributed by atoms with E-state index in [0.717, 1.165) is 12.8 Å². The summed E-state index contributed by atoms with van der Waals surface area (Å²) in [7, 11) is 0. The van der Waals surface area contributed by atoms with Gasteiger partial charge in [0.25, 0.3) is 0 Å². The van der Waals surface area contributed by atoms with Crippen LogP contribution in [0, 0.1) is 0 Å². The van der Waals surface area contributed by atoms with Gasteiger partial charge in [-0.25, -0.2) is 0 Å². The monoisotopic (exact) mass is 156 g/mol. The van der Waals surface area contributed by atoms with Crippen LogP contribution in [-0.4, -0.2) is 18.5 Å². The number of nitrogens with one attached hydrogen (secondary N) is 1. The molecule has 1 amide bonds. The van der Waals surface area contributed by atoms with Crippen molar-refractivity contribution in [1.82, 2.24) is 5.32 Å². The first-order chi connectivity index (χ1) is 5.33. The van der Waals surface area contributed by atoms with E-state index < -0.39 is 0 Å². The largest absolute Gasteiger partial charge is 0.353 e. The van der Waals surface area contributed by atoms with E-state index in [4.69, 9.17) is 5.73 Å². The summed E-state index contributed by atoms with van der Waals surface area (Å²) in [4.78, 5) is 11.0. The van der Waals surface area contributed by atoms with Crippen LogP contribution in [0.5, 0.6) is 0 Å². The zero-order valence-corrected chi connectivity index (χ0v) is 6.81. The maximum absolute atomic E-state index is 11.0. The third kappa shape index (κ3) is 2.89. The van der Waals surface area contributed by atoms with Gasteiger partial charge in [-0.1, -0.05) is 12.8 Å². The Labute approximate surface area is 67.3 Å². The Balaban J connectivity index is 2.13. The molecule has 0 aromatic carbocycles. The normalized spacial score (nSPS) is 18.6. The van der Waals surface area contributed by atoms with E-state index in [9.17, 15) is 4.79 Å². The summed E-state index contributed by atoms with van der Waals surface area (Å²) in [6, 6.07) is 0.439. The van der Waals surface area contributed by atoms with Crippen LogP contribution in [0.15, 0.2) is 0 Å². The van der Waals surface area contributed by atoms with Gasteiger partial charge in [0.1, 0.15) is 0 Å². The molecule has 0 unspecified atom stereocenters. The maximum atomic E-state index is 11.0. The minimum Gasteiger partial charge on any atom is -0.353 e. The van der Waals surface area contributed by atoms with Crippen molar-refractivity contribution in [3.8, 4) is 0 Å². The van der Waals surface area contributed by atoms with Gasteiger partial charge >= 0.3 is 0 Å². The fraction of sp³-hybridized carbons (Fsp3) is 0.875. The summed E-state index contributed by atoms with van der Waals surface area (Å²) in [5, 5.41) is 2.96. The van der Waals surface area contributed by atoms with Gasteiger partial charge in [-0.05, 0) is 12.8 Å². The van der Waals surface area contributed by atoms with Crippen LogP contribution in [0.3, 0.4) is 0 Å². The molecular weight excluding hydrogens is 140 g/mol. The molecule has 3 N–H and O–H groups in total. The average Bonchev–Trinajstić information content (AvgIpc) is 2.40. The van der Waals surface area contributed by atoms with E-state index in [-0.39, 0.29) is 5.91 Å². The molecule has 0 aromatic heterocycles. The molecule has 0 aromatic rings. The highest BCUT2D eigenvalue weighted by Gasteiger charge is 2.15. The molecule has 0 spiro atoms. The second kappa shape index (κ2) is 4.34. The molecule has 1 rings (SSSR count). The Hall–Kier alpha value is -0.570. The molecule has 0 radical (unpaired) electrons. The van der Waals surface area contributed by atoms with E-state index in [1.165, 1.54) is 12.8 Å². The first kappa shape index (κ1) is 8.53. The Kier molecular flexibility index (Phi) is 3.36. The topological polar surface area (TPSA) is 55.1 Å². The molecule has 11 heavy (non-hydrogen) atoms. The van der Waals surface area contributed by atoms with Crippen molar-refractivity contribution >= 4 is 5.91 Å². The second-order valence-corrected chi connectivity index (χ2v) is 3.09. The molecule has 1 saturated carbocycles. The number of amides is 1. The van der Waals surface area contributed by atoms with E-state index in [1.807, 2.05) is 0 Å². The minimum absolute atomic E-state index is 0.111. The molecule has 3 heteroatoms. The predicted molar refractivity (Wildman–Crippen MR) is 44.1 cm³/mol. The van der Waals surface area contributed by atoms with Crippen molar-refractivity contribution in [1.29, 1.82) is 0 Å². The third-order valence-corrected chi connectivity index (χ3v) is 2.09. The standard InChI is InChI=1S/C8H16N2O/c9-6-5-8(11)10-7-3-1-2-4-7/h7H,1-6,9H2,(H,10,11). The van der Waals surface area contributed by atoms with E-state index in [2.05, 4.69) is 5.32 Å². The molecular formula is C8H16N2O. The lowest BCUT2D eigenvalue weighted by molar-refractivity contribution is -0.121. The number of hydrogen-bond donors (Lipinski definition) is 2. The molecule has 64 valence electrons. The van der Waals surface area contributed by atoms with E-state index in [1.54, 1.807) is 0 Å². The summed E-state index contributed by atoms with van der Waals surface area (Å²) in [5.41, 5.74) is 5.24. The fourth-order valence-corrected chi connectivity index (χ4v) is 1.50. The van der Waals surface area contributed by atoms with Gasteiger partial charge in [0, 0.05) is 19.0 Å². The van der Waals surface area contributed by atoms with E-state index in [0.29, 0.717) is 19.0 Å². The van der Waals surface area contributed by atoms with Gasteiger partial charge in [0.15, 0.2) is 0 Å². The van der Waals surface area contributed by atoms with Crippen molar-refractivity contribution in [3.05, 3.63) is 0 Å². The maximum Gasteiger partial charge on any atom is 0.221 e. The van der Waals surface area contributed by atoms with Crippen molar-refractivity contribution in [2.75, 3.05) is 6.54 Å². The quantitative estimate of drug-likeness (QED) is 0.621. The molecule has 0 saturated heterocycles. The summed E-state index contributed by atoms with van der Waals surface area (Å²) >= 11 is 0. The van der Waals surface area contributed by atoms with Crippen molar-refractivity contribution < 1.29 is 4.79 Å². The molecule has 1 aliphatic rings. The van der Waals surface area contributed by atoms with Gasteiger partial charge in [-0.3, -0.25) is 4.79 Å². The van der Waals surface area contributed by atoms with Crippen LogP contribution in [0.2, 0.25) is 0 Å². The number of carbonyl (C=O) groups is 1. The molecule has 0 heterocycles. The van der Waals surface area contributed by atoms with Gasteiger partial charge in [-0.15, -0.1) is 0 Å². The van der Waals surface area contributed by atoms with Crippen molar-refractivity contribution in [3.63, 3.8) is 0 Å². The number of nitrogens with two attached hydrogens (primary N) is 1. The average molecular weight is 156 g/mol. The lowest BCUT2D eigenvalue weighted by atomic mass is 10.2. The first-order valence-corrected chi connectivity index (χ1v) is 4.32. The summed E-state index contributed by atoms with van der Waals surface area (Å²) in [6.07, 6.45) is 5.28. The minimum atomic E-state index is 0.111. The molecule has 0 bridgehead atoms.